The summed E-state index contributed by atoms with van der Waals surface area (Å²) < 4.78 is 10.2. The summed E-state index contributed by atoms with van der Waals surface area (Å²) in [5, 5.41) is 0. The van der Waals surface area contributed by atoms with E-state index < -0.39 is 6.04 Å². The van der Waals surface area contributed by atoms with Gasteiger partial charge in [0.25, 0.3) is 0 Å². The number of carbonyl (C=O) groups is 1. The van der Waals surface area contributed by atoms with E-state index in [1.54, 1.807) is 6.33 Å². The summed E-state index contributed by atoms with van der Waals surface area (Å²) in [6.45, 7) is 1.61. The number of ether oxygens (including phenoxy) is 2. The van der Waals surface area contributed by atoms with Gasteiger partial charge in [-0.3, -0.25) is 0 Å². The normalized spacial score (nSPS) is 22.2. The Morgan fingerprint density at radius 2 is 2.37 bits per heavy atom. The fourth-order valence-corrected chi connectivity index (χ4v) is 2.78. The topological polar surface area (TPSA) is 64.6 Å². The van der Waals surface area contributed by atoms with Crippen molar-refractivity contribution in [1.29, 1.82) is 0 Å². The summed E-state index contributed by atoms with van der Waals surface area (Å²) in [5.74, 6) is 0.603. The number of morpholine rings is 1. The maximum atomic E-state index is 11.9. The van der Waals surface area contributed by atoms with Crippen molar-refractivity contribution in [3.8, 4) is 0 Å². The number of hydrogen-bond acceptors (Lipinski definition) is 6. The minimum atomic E-state index is -0.404. The predicted molar refractivity (Wildman–Crippen MR) is 68.0 cm³/mol. The van der Waals surface area contributed by atoms with E-state index in [0.717, 1.165) is 30.8 Å². The Labute approximate surface area is 111 Å². The van der Waals surface area contributed by atoms with E-state index >= 15 is 0 Å². The third-order valence-electron chi connectivity index (χ3n) is 3.73. The first-order valence-corrected chi connectivity index (χ1v) is 6.56. The lowest BCUT2D eigenvalue weighted by Gasteiger charge is -2.35. The number of rotatable bonds is 2. The van der Waals surface area contributed by atoms with Crippen molar-refractivity contribution in [3.63, 3.8) is 0 Å². The molecule has 1 saturated heterocycles. The molecule has 1 aliphatic heterocycles. The molecule has 1 aromatic heterocycles. The molecule has 0 saturated carbocycles. The minimum absolute atomic E-state index is 0.273. The van der Waals surface area contributed by atoms with Crippen LogP contribution in [0, 0.1) is 0 Å². The van der Waals surface area contributed by atoms with Crippen LogP contribution in [0.2, 0.25) is 0 Å². The van der Waals surface area contributed by atoms with Gasteiger partial charge in [0.2, 0.25) is 0 Å². The average Bonchev–Trinajstić information content (AvgIpc) is 2.94. The van der Waals surface area contributed by atoms with E-state index in [2.05, 4.69) is 9.97 Å². The van der Waals surface area contributed by atoms with Crippen molar-refractivity contribution in [3.05, 3.63) is 17.6 Å². The van der Waals surface area contributed by atoms with Gasteiger partial charge >= 0.3 is 5.97 Å². The quantitative estimate of drug-likeness (QED) is 0.717. The van der Waals surface area contributed by atoms with Crippen molar-refractivity contribution in [2.45, 2.75) is 25.3 Å². The molecule has 1 aromatic rings. The summed E-state index contributed by atoms with van der Waals surface area (Å²) in [7, 11) is 1.40. The number of fused-ring (bicyclic) bond motifs is 1. The van der Waals surface area contributed by atoms with Gasteiger partial charge in [-0.1, -0.05) is 0 Å². The summed E-state index contributed by atoms with van der Waals surface area (Å²) in [4.78, 5) is 22.6. The van der Waals surface area contributed by atoms with Crippen LogP contribution in [-0.4, -0.2) is 48.8 Å². The van der Waals surface area contributed by atoms with E-state index in [0.29, 0.717) is 19.8 Å². The van der Waals surface area contributed by atoms with Gasteiger partial charge in [0.1, 0.15) is 12.1 Å². The number of anilines is 1. The Kier molecular flexibility index (Phi) is 3.33. The molecule has 0 aromatic carbocycles. The molecule has 2 heterocycles. The number of aromatic nitrogens is 2. The van der Waals surface area contributed by atoms with Gasteiger partial charge in [0.05, 0.1) is 20.3 Å². The molecule has 1 unspecified atom stereocenters. The molecule has 1 atom stereocenters. The van der Waals surface area contributed by atoms with Gasteiger partial charge in [-0.2, -0.15) is 0 Å². The zero-order chi connectivity index (χ0) is 13.2. The summed E-state index contributed by atoms with van der Waals surface area (Å²) in [6.07, 6.45) is 4.67. The zero-order valence-corrected chi connectivity index (χ0v) is 11.0. The van der Waals surface area contributed by atoms with Crippen LogP contribution in [0.1, 0.15) is 17.7 Å². The molecule has 102 valence electrons. The lowest BCUT2D eigenvalue weighted by atomic mass is 10.1. The number of nitrogens with zero attached hydrogens (tertiary/aromatic N) is 3. The maximum Gasteiger partial charge on any atom is 0.330 e. The summed E-state index contributed by atoms with van der Waals surface area (Å²) in [5.41, 5.74) is 2.29. The van der Waals surface area contributed by atoms with E-state index in [1.807, 2.05) is 4.90 Å². The first-order chi connectivity index (χ1) is 9.31. The summed E-state index contributed by atoms with van der Waals surface area (Å²) >= 11 is 0. The molecule has 2 aliphatic rings. The SMILES string of the molecule is COC(=O)C1COCCN1c1ncnc2c1CCC2. The van der Waals surface area contributed by atoms with Crippen LogP contribution in [0.4, 0.5) is 5.82 Å². The van der Waals surface area contributed by atoms with Crippen LogP contribution in [-0.2, 0) is 27.1 Å². The number of carbonyl (C=O) groups excluding carboxylic acids is 1. The lowest BCUT2D eigenvalue weighted by Crippen LogP contribution is -2.51. The lowest BCUT2D eigenvalue weighted by molar-refractivity contribution is -0.144. The highest BCUT2D eigenvalue weighted by molar-refractivity contribution is 5.80. The zero-order valence-electron chi connectivity index (χ0n) is 11.0. The van der Waals surface area contributed by atoms with Gasteiger partial charge < -0.3 is 14.4 Å². The molecule has 0 spiro atoms. The third-order valence-corrected chi connectivity index (χ3v) is 3.73. The number of hydrogen-bond donors (Lipinski definition) is 0. The molecule has 1 fully saturated rings. The fourth-order valence-electron chi connectivity index (χ4n) is 2.78. The van der Waals surface area contributed by atoms with Crippen LogP contribution in [0.25, 0.3) is 0 Å². The largest absolute Gasteiger partial charge is 0.467 e. The van der Waals surface area contributed by atoms with Gasteiger partial charge in [-0.15, -0.1) is 0 Å². The van der Waals surface area contributed by atoms with Crippen LogP contribution in [0.5, 0.6) is 0 Å². The van der Waals surface area contributed by atoms with Crippen molar-refractivity contribution in [2.24, 2.45) is 0 Å². The second-order valence-electron chi connectivity index (χ2n) is 4.78. The molecule has 19 heavy (non-hydrogen) atoms. The number of esters is 1. The van der Waals surface area contributed by atoms with Gasteiger partial charge in [-0.25, -0.2) is 14.8 Å². The molecule has 0 N–H and O–H groups in total. The molecular formula is C13H17N3O3. The van der Waals surface area contributed by atoms with Crippen molar-refractivity contribution in [2.75, 3.05) is 31.8 Å². The summed E-state index contributed by atoms with van der Waals surface area (Å²) in [6, 6.07) is -0.404. The molecule has 0 bridgehead atoms. The van der Waals surface area contributed by atoms with Crippen LogP contribution in [0.3, 0.4) is 0 Å². The van der Waals surface area contributed by atoms with Crippen molar-refractivity contribution in [1.82, 2.24) is 9.97 Å². The number of aryl methyl sites for hydroxylation is 1. The van der Waals surface area contributed by atoms with Gasteiger partial charge in [0.15, 0.2) is 6.04 Å². The van der Waals surface area contributed by atoms with E-state index in [1.165, 1.54) is 12.7 Å². The second-order valence-corrected chi connectivity index (χ2v) is 4.78. The molecule has 6 heteroatoms. The molecule has 6 nitrogen and oxygen atoms in total. The Hall–Kier alpha value is -1.69. The molecule has 0 amide bonds. The van der Waals surface area contributed by atoms with Crippen LogP contribution in [0.15, 0.2) is 6.33 Å². The van der Waals surface area contributed by atoms with E-state index in [-0.39, 0.29) is 5.97 Å². The fraction of sp³-hybridized carbons (Fsp3) is 0.615. The smallest absolute Gasteiger partial charge is 0.330 e. The highest BCUT2D eigenvalue weighted by Crippen LogP contribution is 2.29. The number of methoxy groups -OCH3 is 1. The Bertz CT molecular complexity index is 492. The Morgan fingerprint density at radius 3 is 3.21 bits per heavy atom. The monoisotopic (exact) mass is 263 g/mol. The second kappa shape index (κ2) is 5.13. The van der Waals surface area contributed by atoms with E-state index in [4.69, 9.17) is 9.47 Å². The van der Waals surface area contributed by atoms with Crippen molar-refractivity contribution < 1.29 is 14.3 Å². The third kappa shape index (κ3) is 2.16. The van der Waals surface area contributed by atoms with Gasteiger partial charge in [0, 0.05) is 17.8 Å². The highest BCUT2D eigenvalue weighted by atomic mass is 16.5. The molecule has 3 rings (SSSR count). The Balaban J connectivity index is 1.95. The molecule has 0 radical (unpaired) electrons. The maximum absolute atomic E-state index is 11.9. The van der Waals surface area contributed by atoms with Gasteiger partial charge in [-0.05, 0) is 19.3 Å². The minimum Gasteiger partial charge on any atom is -0.467 e. The first kappa shape index (κ1) is 12.3. The van der Waals surface area contributed by atoms with Crippen LogP contribution < -0.4 is 4.90 Å². The average molecular weight is 263 g/mol. The van der Waals surface area contributed by atoms with E-state index in [9.17, 15) is 4.79 Å². The first-order valence-electron chi connectivity index (χ1n) is 6.56. The molecular weight excluding hydrogens is 246 g/mol. The van der Waals surface area contributed by atoms with Crippen LogP contribution >= 0.6 is 0 Å². The highest BCUT2D eigenvalue weighted by Gasteiger charge is 2.33. The Morgan fingerprint density at radius 1 is 1.47 bits per heavy atom. The van der Waals surface area contributed by atoms with Crippen molar-refractivity contribution >= 4 is 11.8 Å². The standard InChI is InChI=1S/C13H17N3O3/c1-18-13(17)11-7-19-6-5-16(11)12-9-3-2-4-10(9)14-8-15-12/h8,11H,2-7H2,1H3. The molecule has 1 aliphatic carbocycles. The predicted octanol–water partition coefficient (Wildman–Crippen LogP) is 0.343.